The molecule has 0 aliphatic rings. The van der Waals surface area contributed by atoms with Crippen LogP contribution in [0.15, 0.2) is 24.3 Å². The highest BCUT2D eigenvalue weighted by Crippen LogP contribution is 2.06. The topological polar surface area (TPSA) is 20.3 Å². The van der Waals surface area contributed by atoms with Crippen molar-refractivity contribution in [2.45, 2.75) is 6.54 Å². The highest BCUT2D eigenvalue weighted by Gasteiger charge is 2.03. The van der Waals surface area contributed by atoms with Gasteiger partial charge in [0, 0.05) is 13.6 Å². The van der Waals surface area contributed by atoms with Crippen molar-refractivity contribution in [1.29, 1.82) is 0 Å². The van der Waals surface area contributed by atoms with Crippen LogP contribution in [-0.2, 0) is 6.54 Å². The Kier molecular flexibility index (Phi) is 3.31. The number of thiol groups is 1. The Morgan fingerprint density at radius 1 is 1.46 bits per heavy atom. The minimum Gasteiger partial charge on any atom is -0.333 e. The molecule has 70 valence electrons. The van der Waals surface area contributed by atoms with Gasteiger partial charge in [0.2, 0.25) is 0 Å². The molecule has 0 bridgehead atoms. The summed E-state index contributed by atoms with van der Waals surface area (Å²) in [7, 11) is 1.64. The van der Waals surface area contributed by atoms with Gasteiger partial charge in [0.1, 0.15) is 5.82 Å². The molecular formula is C9H10FNOS. The molecule has 1 amide bonds. The van der Waals surface area contributed by atoms with Crippen molar-refractivity contribution >= 4 is 17.9 Å². The van der Waals surface area contributed by atoms with Crippen LogP contribution < -0.4 is 0 Å². The molecule has 1 aromatic rings. The van der Waals surface area contributed by atoms with Crippen LogP contribution in [0.4, 0.5) is 9.18 Å². The van der Waals surface area contributed by atoms with Gasteiger partial charge in [-0.15, -0.1) is 0 Å². The summed E-state index contributed by atoms with van der Waals surface area (Å²) in [6.45, 7) is 0.447. The average Bonchev–Trinajstić information content (AvgIpc) is 2.08. The van der Waals surface area contributed by atoms with Gasteiger partial charge in [-0.1, -0.05) is 24.8 Å². The summed E-state index contributed by atoms with van der Waals surface area (Å²) >= 11 is 3.66. The van der Waals surface area contributed by atoms with E-state index in [2.05, 4.69) is 12.6 Å². The molecule has 0 fully saturated rings. The minimum absolute atomic E-state index is 0.274. The minimum atomic E-state index is -0.302. The van der Waals surface area contributed by atoms with E-state index in [-0.39, 0.29) is 11.1 Å². The molecule has 0 unspecified atom stereocenters. The molecule has 0 spiro atoms. The third-order valence-electron chi connectivity index (χ3n) is 1.66. The van der Waals surface area contributed by atoms with Gasteiger partial charge < -0.3 is 4.90 Å². The molecule has 1 aromatic carbocycles. The maximum atomic E-state index is 12.5. The average molecular weight is 199 g/mol. The number of amides is 1. The third kappa shape index (κ3) is 3.06. The van der Waals surface area contributed by atoms with Crippen molar-refractivity contribution in [2.24, 2.45) is 0 Å². The summed E-state index contributed by atoms with van der Waals surface area (Å²) in [5, 5.41) is -0.302. The quantitative estimate of drug-likeness (QED) is 0.725. The second-order valence-electron chi connectivity index (χ2n) is 2.77. The highest BCUT2D eigenvalue weighted by atomic mass is 32.1. The van der Waals surface area contributed by atoms with Gasteiger partial charge in [-0.3, -0.25) is 4.79 Å². The molecule has 0 N–H and O–H groups in total. The number of hydrogen-bond donors (Lipinski definition) is 1. The van der Waals surface area contributed by atoms with Crippen LogP contribution in [-0.4, -0.2) is 17.2 Å². The SMILES string of the molecule is CN(Cc1ccc(F)cc1)C(=O)S. The predicted octanol–water partition coefficient (Wildman–Crippen LogP) is 2.31. The second kappa shape index (κ2) is 4.28. The lowest BCUT2D eigenvalue weighted by molar-refractivity contribution is 0.232. The van der Waals surface area contributed by atoms with Crippen LogP contribution >= 0.6 is 12.6 Å². The van der Waals surface area contributed by atoms with Gasteiger partial charge in [-0.25, -0.2) is 4.39 Å². The number of hydrogen-bond acceptors (Lipinski definition) is 1. The molecule has 0 aliphatic heterocycles. The summed E-state index contributed by atoms with van der Waals surface area (Å²) in [6, 6.07) is 6.02. The van der Waals surface area contributed by atoms with Gasteiger partial charge in [0.25, 0.3) is 5.24 Å². The van der Waals surface area contributed by atoms with Crippen LogP contribution in [0.5, 0.6) is 0 Å². The summed E-state index contributed by atoms with van der Waals surface area (Å²) in [5.74, 6) is -0.274. The molecule has 4 heteroatoms. The van der Waals surface area contributed by atoms with E-state index in [4.69, 9.17) is 0 Å². The lowest BCUT2D eigenvalue weighted by Gasteiger charge is -2.13. The zero-order chi connectivity index (χ0) is 9.84. The first-order valence-corrected chi connectivity index (χ1v) is 4.23. The highest BCUT2D eigenvalue weighted by molar-refractivity contribution is 7.96. The lowest BCUT2D eigenvalue weighted by atomic mass is 10.2. The first-order chi connectivity index (χ1) is 6.09. The second-order valence-corrected chi connectivity index (χ2v) is 3.15. The van der Waals surface area contributed by atoms with Crippen molar-refractivity contribution in [2.75, 3.05) is 7.05 Å². The summed E-state index contributed by atoms with van der Waals surface area (Å²) in [6.07, 6.45) is 0. The normalized spacial score (nSPS) is 9.77. The van der Waals surface area contributed by atoms with Crippen LogP contribution in [0.1, 0.15) is 5.56 Å². The molecule has 1 rings (SSSR count). The molecular weight excluding hydrogens is 189 g/mol. The number of carbonyl (C=O) groups excluding carboxylic acids is 1. The van der Waals surface area contributed by atoms with E-state index in [0.717, 1.165) is 5.56 Å². The third-order valence-corrected chi connectivity index (χ3v) is 2.00. The largest absolute Gasteiger partial charge is 0.333 e. The maximum absolute atomic E-state index is 12.5. The fourth-order valence-corrected chi connectivity index (χ4v) is 1.00. The van der Waals surface area contributed by atoms with E-state index in [0.29, 0.717) is 6.54 Å². The van der Waals surface area contributed by atoms with E-state index in [1.54, 1.807) is 19.2 Å². The Morgan fingerprint density at radius 2 is 2.00 bits per heavy atom. The van der Waals surface area contributed by atoms with Crippen molar-refractivity contribution in [3.63, 3.8) is 0 Å². The molecule has 13 heavy (non-hydrogen) atoms. The number of nitrogens with zero attached hydrogens (tertiary/aromatic N) is 1. The Labute approximate surface area is 81.8 Å². The van der Waals surface area contributed by atoms with Crippen molar-refractivity contribution in [3.05, 3.63) is 35.6 Å². The van der Waals surface area contributed by atoms with Crippen LogP contribution in [0.3, 0.4) is 0 Å². The maximum Gasteiger partial charge on any atom is 0.278 e. The van der Waals surface area contributed by atoms with Gasteiger partial charge in [0.05, 0.1) is 0 Å². The molecule has 0 heterocycles. The van der Waals surface area contributed by atoms with E-state index < -0.39 is 0 Å². The molecule has 0 aromatic heterocycles. The molecule has 0 atom stereocenters. The Balaban J connectivity index is 2.64. The zero-order valence-electron chi connectivity index (χ0n) is 7.20. The van der Waals surface area contributed by atoms with Crippen LogP contribution in [0.2, 0.25) is 0 Å². The number of rotatable bonds is 2. The first-order valence-electron chi connectivity index (χ1n) is 3.78. The van der Waals surface area contributed by atoms with E-state index in [1.165, 1.54) is 17.0 Å². The molecule has 0 radical (unpaired) electrons. The first kappa shape index (κ1) is 10.1. The summed E-state index contributed by atoms with van der Waals surface area (Å²) < 4.78 is 12.5. The van der Waals surface area contributed by atoms with Gasteiger partial charge in [-0.05, 0) is 17.7 Å². The van der Waals surface area contributed by atoms with Crippen LogP contribution in [0, 0.1) is 5.82 Å². The fraction of sp³-hybridized carbons (Fsp3) is 0.222. The molecule has 0 saturated heterocycles. The Hall–Kier alpha value is -1.03. The number of benzene rings is 1. The van der Waals surface area contributed by atoms with Gasteiger partial charge in [0.15, 0.2) is 0 Å². The van der Waals surface area contributed by atoms with Crippen molar-refractivity contribution in [3.8, 4) is 0 Å². The lowest BCUT2D eigenvalue weighted by Crippen LogP contribution is -2.19. The monoisotopic (exact) mass is 199 g/mol. The van der Waals surface area contributed by atoms with E-state index in [1.807, 2.05) is 0 Å². The smallest absolute Gasteiger partial charge is 0.278 e. The molecule has 2 nitrogen and oxygen atoms in total. The zero-order valence-corrected chi connectivity index (χ0v) is 8.09. The Morgan fingerprint density at radius 3 is 2.46 bits per heavy atom. The number of halogens is 1. The van der Waals surface area contributed by atoms with E-state index in [9.17, 15) is 9.18 Å². The molecule has 0 aliphatic carbocycles. The van der Waals surface area contributed by atoms with Crippen molar-refractivity contribution in [1.82, 2.24) is 4.90 Å². The van der Waals surface area contributed by atoms with Gasteiger partial charge in [-0.2, -0.15) is 0 Å². The van der Waals surface area contributed by atoms with E-state index >= 15 is 0 Å². The summed E-state index contributed by atoms with van der Waals surface area (Å²) in [5.41, 5.74) is 0.881. The number of carbonyl (C=O) groups is 1. The Bertz CT molecular complexity index is 299. The standard InChI is InChI=1S/C9H10FNOS/c1-11(9(12)13)6-7-2-4-8(10)5-3-7/h2-5H,6H2,1H3,(H,12,13). The van der Waals surface area contributed by atoms with Crippen LogP contribution in [0.25, 0.3) is 0 Å². The fourth-order valence-electron chi connectivity index (χ4n) is 0.931. The van der Waals surface area contributed by atoms with Gasteiger partial charge >= 0.3 is 0 Å². The predicted molar refractivity (Wildman–Crippen MR) is 52.2 cm³/mol. The molecule has 0 saturated carbocycles. The summed E-state index contributed by atoms with van der Waals surface area (Å²) in [4.78, 5) is 12.2. The van der Waals surface area contributed by atoms with Crippen molar-refractivity contribution < 1.29 is 9.18 Å².